The molecule has 0 aromatic rings. The van der Waals surface area contributed by atoms with Crippen LogP contribution in [0.1, 0.15) is 27.7 Å². The molecule has 12 heavy (non-hydrogen) atoms. The predicted molar refractivity (Wildman–Crippen MR) is 52.0 cm³/mol. The minimum atomic E-state index is -0.264. The van der Waals surface area contributed by atoms with Crippen LogP contribution in [0.5, 0.6) is 0 Å². The van der Waals surface area contributed by atoms with Gasteiger partial charge in [0.15, 0.2) is 11.3 Å². The van der Waals surface area contributed by atoms with Crippen molar-refractivity contribution in [1.82, 2.24) is 0 Å². The van der Waals surface area contributed by atoms with Crippen molar-refractivity contribution < 1.29 is 9.28 Å². The van der Waals surface area contributed by atoms with Crippen LogP contribution in [-0.2, 0) is 4.79 Å². The molecule has 0 radical (unpaired) electrons. The maximum Gasteiger partial charge on any atom is 0.189 e. The highest BCUT2D eigenvalue weighted by molar-refractivity contribution is 5.84. The van der Waals surface area contributed by atoms with Crippen molar-refractivity contribution in [2.75, 3.05) is 21.1 Å². The Labute approximate surface area is 76.2 Å². The average molecular weight is 172 g/mol. The van der Waals surface area contributed by atoms with Gasteiger partial charge in [0.2, 0.25) is 0 Å². The molecule has 72 valence electrons. The second-order valence-corrected chi connectivity index (χ2v) is 4.87. The van der Waals surface area contributed by atoms with Crippen molar-refractivity contribution >= 4 is 5.78 Å². The quantitative estimate of drug-likeness (QED) is 0.592. The van der Waals surface area contributed by atoms with Gasteiger partial charge in [0, 0.05) is 12.8 Å². The molecule has 0 N–H and O–H groups in total. The summed E-state index contributed by atoms with van der Waals surface area (Å²) in [7, 11) is 6.21. The number of carbonyl (C=O) groups is 1. The number of ketones is 1. The van der Waals surface area contributed by atoms with Crippen LogP contribution in [-0.4, -0.2) is 36.9 Å². The molecule has 0 heterocycles. The smallest absolute Gasteiger partial charge is 0.189 e. The van der Waals surface area contributed by atoms with Crippen molar-refractivity contribution in [1.29, 1.82) is 0 Å². The van der Waals surface area contributed by atoms with Gasteiger partial charge in [-0.05, 0) is 6.92 Å². The molecule has 1 unspecified atom stereocenters. The third kappa shape index (κ3) is 1.69. The topological polar surface area (TPSA) is 17.1 Å². The summed E-state index contributed by atoms with van der Waals surface area (Å²) in [5, 5.41) is 0. The summed E-state index contributed by atoms with van der Waals surface area (Å²) in [5.41, 5.74) is -0.264. The first-order valence-corrected chi connectivity index (χ1v) is 4.46. The molecule has 2 nitrogen and oxygen atoms in total. The van der Waals surface area contributed by atoms with Gasteiger partial charge in [0.25, 0.3) is 0 Å². The van der Waals surface area contributed by atoms with Crippen LogP contribution in [0.4, 0.5) is 0 Å². The molecule has 0 bridgehead atoms. The first-order chi connectivity index (χ1) is 5.14. The Hall–Kier alpha value is -0.370. The zero-order valence-corrected chi connectivity index (χ0v) is 9.43. The summed E-state index contributed by atoms with van der Waals surface area (Å²) in [4.78, 5) is 11.5. The molecule has 0 aromatic carbocycles. The number of carbonyl (C=O) groups excluding carboxylic acids is 1. The molecule has 1 atom stereocenters. The van der Waals surface area contributed by atoms with E-state index in [4.69, 9.17) is 0 Å². The van der Waals surface area contributed by atoms with E-state index in [0.29, 0.717) is 10.4 Å². The Morgan fingerprint density at radius 1 is 1.25 bits per heavy atom. The zero-order valence-electron chi connectivity index (χ0n) is 9.43. The lowest BCUT2D eigenvalue weighted by Crippen LogP contribution is -2.62. The third-order valence-corrected chi connectivity index (χ3v) is 3.23. The molecule has 0 aliphatic rings. The van der Waals surface area contributed by atoms with Crippen molar-refractivity contribution in [2.24, 2.45) is 5.92 Å². The van der Waals surface area contributed by atoms with Crippen LogP contribution >= 0.6 is 0 Å². The van der Waals surface area contributed by atoms with Crippen LogP contribution in [0, 0.1) is 5.92 Å². The van der Waals surface area contributed by atoms with Gasteiger partial charge in [-0.1, -0.05) is 13.8 Å². The normalized spacial score (nSPS) is 17.7. The SMILES string of the molecule is CC(=O)C(C)(C(C)C)[N+](C)(C)C. The van der Waals surface area contributed by atoms with Gasteiger partial charge in [-0.2, -0.15) is 0 Å². The van der Waals surface area contributed by atoms with Crippen LogP contribution in [0.2, 0.25) is 0 Å². The molecular weight excluding hydrogens is 150 g/mol. The summed E-state index contributed by atoms with van der Waals surface area (Å²) in [6, 6.07) is 0. The molecule has 0 aliphatic heterocycles. The van der Waals surface area contributed by atoms with E-state index in [1.165, 1.54) is 0 Å². The maximum atomic E-state index is 11.5. The lowest BCUT2D eigenvalue weighted by Gasteiger charge is -2.44. The molecule has 0 saturated heterocycles. The van der Waals surface area contributed by atoms with E-state index in [0.717, 1.165) is 0 Å². The fourth-order valence-electron chi connectivity index (χ4n) is 1.65. The van der Waals surface area contributed by atoms with E-state index in [9.17, 15) is 4.79 Å². The monoisotopic (exact) mass is 172 g/mol. The van der Waals surface area contributed by atoms with Crippen molar-refractivity contribution in [2.45, 2.75) is 33.2 Å². The van der Waals surface area contributed by atoms with Gasteiger partial charge in [-0.15, -0.1) is 0 Å². The number of hydrogen-bond acceptors (Lipinski definition) is 1. The lowest BCUT2D eigenvalue weighted by molar-refractivity contribution is -0.914. The molecule has 0 saturated carbocycles. The van der Waals surface area contributed by atoms with Crippen LogP contribution in [0.25, 0.3) is 0 Å². The van der Waals surface area contributed by atoms with Crippen LogP contribution in [0.3, 0.4) is 0 Å². The molecule has 0 spiro atoms. The Morgan fingerprint density at radius 2 is 1.58 bits per heavy atom. The second kappa shape index (κ2) is 3.17. The van der Waals surface area contributed by atoms with Gasteiger partial charge in [-0.3, -0.25) is 4.79 Å². The van der Waals surface area contributed by atoms with Gasteiger partial charge >= 0.3 is 0 Å². The van der Waals surface area contributed by atoms with Gasteiger partial charge < -0.3 is 4.48 Å². The van der Waals surface area contributed by atoms with Gasteiger partial charge in [-0.25, -0.2) is 0 Å². The standard InChI is InChI=1S/C10H22NO/c1-8(2)10(4,9(3)12)11(5,6)7/h8H,1-7H3/q+1. The molecule has 0 rings (SSSR count). The lowest BCUT2D eigenvalue weighted by atomic mass is 9.82. The number of rotatable bonds is 3. The van der Waals surface area contributed by atoms with Crippen LogP contribution in [0.15, 0.2) is 0 Å². The Bertz CT molecular complexity index is 179. The number of Topliss-reactive ketones (excluding diaryl/α,β-unsaturated/α-hetero) is 1. The number of nitrogens with zero attached hydrogens (tertiary/aromatic N) is 1. The second-order valence-electron chi connectivity index (χ2n) is 4.87. The van der Waals surface area contributed by atoms with E-state index in [1.54, 1.807) is 6.92 Å². The van der Waals surface area contributed by atoms with E-state index < -0.39 is 0 Å². The summed E-state index contributed by atoms with van der Waals surface area (Å²) in [6.45, 7) is 7.93. The largest absolute Gasteiger partial charge is 0.320 e. The zero-order chi connectivity index (χ0) is 10.2. The summed E-state index contributed by atoms with van der Waals surface area (Å²) in [6.07, 6.45) is 0. The highest BCUT2D eigenvalue weighted by Gasteiger charge is 2.45. The molecule has 0 amide bonds. The van der Waals surface area contributed by atoms with Crippen molar-refractivity contribution in [3.63, 3.8) is 0 Å². The first-order valence-electron chi connectivity index (χ1n) is 4.46. The summed E-state index contributed by atoms with van der Waals surface area (Å²) < 4.78 is 0.694. The minimum absolute atomic E-state index is 0.264. The fourth-order valence-corrected chi connectivity index (χ4v) is 1.65. The predicted octanol–water partition coefficient (Wildman–Crippen LogP) is 1.70. The fraction of sp³-hybridized carbons (Fsp3) is 0.900. The highest BCUT2D eigenvalue weighted by atomic mass is 16.1. The molecule has 0 aliphatic carbocycles. The average Bonchev–Trinajstić information content (AvgIpc) is 1.82. The number of hydrogen-bond donors (Lipinski definition) is 0. The van der Waals surface area contributed by atoms with Crippen molar-refractivity contribution in [3.8, 4) is 0 Å². The Kier molecular flexibility index (Phi) is 3.07. The Morgan fingerprint density at radius 3 is 1.58 bits per heavy atom. The van der Waals surface area contributed by atoms with E-state index in [2.05, 4.69) is 35.0 Å². The number of quaternary nitrogens is 1. The van der Waals surface area contributed by atoms with Gasteiger partial charge in [0.1, 0.15) is 0 Å². The molecule has 2 heteroatoms. The van der Waals surface area contributed by atoms with E-state index in [-0.39, 0.29) is 11.3 Å². The molecular formula is C10H22NO+. The first kappa shape index (κ1) is 11.6. The minimum Gasteiger partial charge on any atom is -0.320 e. The van der Waals surface area contributed by atoms with Crippen LogP contribution < -0.4 is 0 Å². The van der Waals surface area contributed by atoms with E-state index in [1.807, 2.05) is 6.92 Å². The number of likely N-dealkylation sites (N-methyl/N-ethyl adjacent to an activating group) is 1. The highest BCUT2D eigenvalue weighted by Crippen LogP contribution is 2.28. The van der Waals surface area contributed by atoms with Gasteiger partial charge in [0.05, 0.1) is 21.1 Å². The molecule has 0 fully saturated rings. The van der Waals surface area contributed by atoms with Crippen molar-refractivity contribution in [3.05, 3.63) is 0 Å². The van der Waals surface area contributed by atoms with E-state index >= 15 is 0 Å². The summed E-state index contributed by atoms with van der Waals surface area (Å²) >= 11 is 0. The molecule has 0 aromatic heterocycles. The Balaban J connectivity index is 5.02. The third-order valence-electron chi connectivity index (χ3n) is 3.23. The summed E-state index contributed by atoms with van der Waals surface area (Å²) in [5.74, 6) is 0.639. The maximum absolute atomic E-state index is 11.5.